The summed E-state index contributed by atoms with van der Waals surface area (Å²) in [5, 5.41) is 4.59. The summed E-state index contributed by atoms with van der Waals surface area (Å²) in [7, 11) is 0. The summed E-state index contributed by atoms with van der Waals surface area (Å²) in [6, 6.07) is 0. The number of rotatable bonds is 3. The first-order chi connectivity index (χ1) is 5.61. The smallest absolute Gasteiger partial charge is 0.00530 e. The Bertz CT molecular complexity index is 245. The molecule has 0 amide bonds. The molecule has 0 fully saturated rings. The van der Waals surface area contributed by atoms with Gasteiger partial charge in [-0.1, -0.05) is 27.7 Å². The molecule has 0 saturated heterocycles. The Labute approximate surface area is 79.6 Å². The number of hydrogen-bond donors (Lipinski definition) is 0. The largest absolute Gasteiger partial charge is 0.152 e. The fourth-order valence-corrected chi connectivity index (χ4v) is 2.51. The van der Waals surface area contributed by atoms with E-state index in [-0.39, 0.29) is 0 Å². The fourth-order valence-electron chi connectivity index (χ4n) is 1.38. The lowest BCUT2D eigenvalue weighted by atomic mass is 9.81. The van der Waals surface area contributed by atoms with Crippen molar-refractivity contribution in [2.75, 3.05) is 0 Å². The van der Waals surface area contributed by atoms with Crippen LogP contribution in [0.2, 0.25) is 0 Å². The molecule has 0 radical (unpaired) electrons. The van der Waals surface area contributed by atoms with Crippen molar-refractivity contribution in [2.24, 2.45) is 0 Å². The highest BCUT2D eigenvalue weighted by Crippen LogP contribution is 2.32. The van der Waals surface area contributed by atoms with E-state index in [1.165, 1.54) is 18.4 Å². The minimum atomic E-state index is 0.366. The molecule has 1 heteroatoms. The standard InChI is InChI=1S/C11H18S/c1-5-9-7-12-8-10(9)11(3,4)6-2/h7-8H,5-6H2,1-4H3. The lowest BCUT2D eigenvalue weighted by Gasteiger charge is -2.23. The SMILES string of the molecule is CCc1cscc1C(C)(C)CC. The van der Waals surface area contributed by atoms with E-state index in [4.69, 9.17) is 0 Å². The third kappa shape index (κ3) is 1.71. The van der Waals surface area contributed by atoms with Crippen molar-refractivity contribution in [3.05, 3.63) is 21.9 Å². The summed E-state index contributed by atoms with van der Waals surface area (Å²) in [6.45, 7) is 9.15. The van der Waals surface area contributed by atoms with E-state index in [9.17, 15) is 0 Å². The first-order valence-corrected chi connectivity index (χ1v) is 5.61. The van der Waals surface area contributed by atoms with Gasteiger partial charge in [0, 0.05) is 0 Å². The second-order valence-corrected chi connectivity index (χ2v) is 4.65. The van der Waals surface area contributed by atoms with Crippen molar-refractivity contribution < 1.29 is 0 Å². The van der Waals surface area contributed by atoms with Crippen LogP contribution in [0.5, 0.6) is 0 Å². The third-order valence-electron chi connectivity index (χ3n) is 2.74. The lowest BCUT2D eigenvalue weighted by molar-refractivity contribution is 0.504. The Balaban J connectivity index is 3.00. The van der Waals surface area contributed by atoms with Crippen molar-refractivity contribution in [3.8, 4) is 0 Å². The number of aryl methyl sites for hydroxylation is 1. The molecule has 0 aliphatic rings. The van der Waals surface area contributed by atoms with Crippen LogP contribution in [0.15, 0.2) is 10.8 Å². The van der Waals surface area contributed by atoms with E-state index >= 15 is 0 Å². The van der Waals surface area contributed by atoms with E-state index in [1.807, 2.05) is 11.3 Å². The molecule has 0 nitrogen and oxygen atoms in total. The fraction of sp³-hybridized carbons (Fsp3) is 0.636. The van der Waals surface area contributed by atoms with Gasteiger partial charge in [-0.15, -0.1) is 0 Å². The van der Waals surface area contributed by atoms with E-state index < -0.39 is 0 Å². The zero-order valence-corrected chi connectivity index (χ0v) is 9.29. The topological polar surface area (TPSA) is 0 Å². The van der Waals surface area contributed by atoms with Crippen LogP contribution in [0.4, 0.5) is 0 Å². The van der Waals surface area contributed by atoms with E-state index in [1.54, 1.807) is 5.56 Å². The highest BCUT2D eigenvalue weighted by Gasteiger charge is 2.21. The van der Waals surface area contributed by atoms with Crippen LogP contribution in [-0.4, -0.2) is 0 Å². The highest BCUT2D eigenvalue weighted by atomic mass is 32.1. The van der Waals surface area contributed by atoms with Gasteiger partial charge >= 0.3 is 0 Å². The molecule has 1 aromatic heterocycles. The minimum absolute atomic E-state index is 0.366. The van der Waals surface area contributed by atoms with Crippen LogP contribution in [-0.2, 0) is 11.8 Å². The molecular formula is C11H18S. The Morgan fingerprint density at radius 1 is 1.25 bits per heavy atom. The Morgan fingerprint density at radius 2 is 1.92 bits per heavy atom. The van der Waals surface area contributed by atoms with E-state index in [0.717, 1.165) is 0 Å². The molecule has 68 valence electrons. The Morgan fingerprint density at radius 3 is 2.42 bits per heavy atom. The summed E-state index contributed by atoms with van der Waals surface area (Å²) in [5.74, 6) is 0. The molecule has 1 aromatic rings. The minimum Gasteiger partial charge on any atom is -0.152 e. The third-order valence-corrected chi connectivity index (χ3v) is 3.53. The van der Waals surface area contributed by atoms with Gasteiger partial charge in [-0.3, -0.25) is 0 Å². The van der Waals surface area contributed by atoms with Crippen LogP contribution >= 0.6 is 11.3 Å². The monoisotopic (exact) mass is 182 g/mol. The van der Waals surface area contributed by atoms with Gasteiger partial charge in [0.1, 0.15) is 0 Å². The molecule has 0 aliphatic carbocycles. The van der Waals surface area contributed by atoms with Crippen LogP contribution in [0.1, 0.15) is 45.2 Å². The number of hydrogen-bond acceptors (Lipinski definition) is 1. The van der Waals surface area contributed by atoms with Gasteiger partial charge in [-0.2, -0.15) is 11.3 Å². The summed E-state index contributed by atoms with van der Waals surface area (Å²) < 4.78 is 0. The van der Waals surface area contributed by atoms with Crippen molar-refractivity contribution in [1.82, 2.24) is 0 Å². The molecule has 12 heavy (non-hydrogen) atoms. The Hall–Kier alpha value is -0.300. The lowest BCUT2D eigenvalue weighted by Crippen LogP contribution is -2.16. The molecule has 0 atom stereocenters. The van der Waals surface area contributed by atoms with Crippen molar-refractivity contribution in [3.63, 3.8) is 0 Å². The predicted molar refractivity (Wildman–Crippen MR) is 57.0 cm³/mol. The molecule has 0 aliphatic heterocycles. The van der Waals surface area contributed by atoms with Gasteiger partial charge in [0.15, 0.2) is 0 Å². The average Bonchev–Trinajstić information content (AvgIpc) is 2.52. The molecule has 0 saturated carbocycles. The van der Waals surface area contributed by atoms with Gasteiger partial charge < -0.3 is 0 Å². The van der Waals surface area contributed by atoms with Crippen LogP contribution in [0, 0.1) is 0 Å². The van der Waals surface area contributed by atoms with E-state index in [2.05, 4.69) is 38.5 Å². The van der Waals surface area contributed by atoms with Crippen molar-refractivity contribution >= 4 is 11.3 Å². The van der Waals surface area contributed by atoms with Gasteiger partial charge in [-0.05, 0) is 40.1 Å². The summed E-state index contributed by atoms with van der Waals surface area (Å²) in [4.78, 5) is 0. The first kappa shape index (κ1) is 9.79. The Kier molecular flexibility index (Phi) is 2.94. The summed E-state index contributed by atoms with van der Waals surface area (Å²) >= 11 is 1.83. The molecule has 0 bridgehead atoms. The average molecular weight is 182 g/mol. The van der Waals surface area contributed by atoms with Gasteiger partial charge in [-0.25, -0.2) is 0 Å². The zero-order valence-electron chi connectivity index (χ0n) is 8.48. The quantitative estimate of drug-likeness (QED) is 0.663. The van der Waals surface area contributed by atoms with Crippen LogP contribution in [0.25, 0.3) is 0 Å². The van der Waals surface area contributed by atoms with Gasteiger partial charge in [0.25, 0.3) is 0 Å². The first-order valence-electron chi connectivity index (χ1n) is 4.67. The second-order valence-electron chi connectivity index (χ2n) is 3.90. The molecule has 0 spiro atoms. The van der Waals surface area contributed by atoms with Crippen molar-refractivity contribution in [1.29, 1.82) is 0 Å². The molecule has 1 rings (SSSR count). The molecule has 1 heterocycles. The van der Waals surface area contributed by atoms with Crippen molar-refractivity contribution in [2.45, 2.75) is 46.0 Å². The van der Waals surface area contributed by atoms with Crippen LogP contribution in [0.3, 0.4) is 0 Å². The maximum Gasteiger partial charge on any atom is -0.00530 e. The number of thiophene rings is 1. The highest BCUT2D eigenvalue weighted by molar-refractivity contribution is 7.08. The van der Waals surface area contributed by atoms with Crippen LogP contribution < -0.4 is 0 Å². The summed E-state index contributed by atoms with van der Waals surface area (Å²) in [5.41, 5.74) is 3.45. The predicted octanol–water partition coefficient (Wildman–Crippen LogP) is 4.00. The summed E-state index contributed by atoms with van der Waals surface area (Å²) in [6.07, 6.45) is 2.39. The second kappa shape index (κ2) is 3.61. The molecular weight excluding hydrogens is 164 g/mol. The maximum atomic E-state index is 2.33. The van der Waals surface area contributed by atoms with Gasteiger partial charge in [0.05, 0.1) is 0 Å². The molecule has 0 N–H and O–H groups in total. The molecule has 0 unspecified atom stereocenters. The normalized spacial score (nSPS) is 12.0. The maximum absolute atomic E-state index is 2.33. The van der Waals surface area contributed by atoms with Gasteiger partial charge in [0.2, 0.25) is 0 Å². The molecule has 0 aromatic carbocycles. The zero-order chi connectivity index (χ0) is 9.19. The van der Waals surface area contributed by atoms with E-state index in [0.29, 0.717) is 5.41 Å².